The van der Waals surface area contributed by atoms with Gasteiger partial charge >= 0.3 is 0 Å². The van der Waals surface area contributed by atoms with Gasteiger partial charge in [-0.25, -0.2) is 0 Å². The molecule has 0 radical (unpaired) electrons. The zero-order chi connectivity index (χ0) is 15.5. The van der Waals surface area contributed by atoms with Crippen LogP contribution in [0.3, 0.4) is 0 Å². The van der Waals surface area contributed by atoms with E-state index in [1.165, 1.54) is 24.0 Å². The highest BCUT2D eigenvalue weighted by Gasteiger charge is 2.24. The number of primary amides is 1. The van der Waals surface area contributed by atoms with Crippen LogP contribution in [-0.4, -0.2) is 29.8 Å². The van der Waals surface area contributed by atoms with Gasteiger partial charge in [-0.05, 0) is 54.7 Å². The smallest absolute Gasteiger partial charge is 0.226 e. The first kappa shape index (κ1) is 15.1. The highest BCUT2D eigenvalue weighted by Crippen LogP contribution is 2.24. The van der Waals surface area contributed by atoms with Crippen LogP contribution in [0.1, 0.15) is 42.4 Å². The molecule has 0 atom stereocenters. The zero-order valence-electron chi connectivity index (χ0n) is 13.0. The van der Waals surface area contributed by atoms with Crippen molar-refractivity contribution in [2.45, 2.75) is 44.9 Å². The molecule has 1 aliphatic heterocycles. The standard InChI is InChI=1S/C18H24N2O2/c19-17(21)11-13-6-8-20(9-7-13)18(22)12-14-4-5-15-2-1-3-16(15)10-14/h4-5,10,13H,1-3,6-9,11-12H2,(H2,19,21). The zero-order valence-corrected chi connectivity index (χ0v) is 13.0. The van der Waals surface area contributed by atoms with E-state index < -0.39 is 0 Å². The second-order valence-electron chi connectivity index (χ2n) is 6.63. The van der Waals surface area contributed by atoms with Gasteiger partial charge in [-0.3, -0.25) is 9.59 Å². The molecule has 2 aliphatic rings. The third-order valence-corrected chi connectivity index (χ3v) is 4.98. The Hall–Kier alpha value is -1.84. The molecule has 1 aromatic rings. The highest BCUT2D eigenvalue weighted by atomic mass is 16.2. The molecule has 2 N–H and O–H groups in total. The molecular formula is C18H24N2O2. The topological polar surface area (TPSA) is 63.4 Å². The summed E-state index contributed by atoms with van der Waals surface area (Å²) >= 11 is 0. The number of hydrogen-bond acceptors (Lipinski definition) is 2. The predicted octanol–water partition coefficient (Wildman–Crippen LogP) is 1.83. The number of nitrogens with zero attached hydrogens (tertiary/aromatic N) is 1. The van der Waals surface area contributed by atoms with Crippen LogP contribution in [-0.2, 0) is 28.9 Å². The Bertz CT molecular complexity index is 574. The van der Waals surface area contributed by atoms with Crippen LogP contribution in [0.5, 0.6) is 0 Å². The number of hydrogen-bond donors (Lipinski definition) is 1. The number of benzene rings is 1. The minimum atomic E-state index is -0.233. The predicted molar refractivity (Wildman–Crippen MR) is 85.3 cm³/mol. The van der Waals surface area contributed by atoms with Gasteiger partial charge in [0.25, 0.3) is 0 Å². The number of amides is 2. The molecule has 1 aliphatic carbocycles. The number of aryl methyl sites for hydroxylation is 2. The Balaban J connectivity index is 1.53. The molecule has 118 valence electrons. The van der Waals surface area contributed by atoms with Crippen molar-refractivity contribution < 1.29 is 9.59 Å². The average Bonchev–Trinajstić information content (AvgIpc) is 2.95. The monoisotopic (exact) mass is 300 g/mol. The molecule has 0 saturated carbocycles. The van der Waals surface area contributed by atoms with Gasteiger partial charge in [0.1, 0.15) is 0 Å². The van der Waals surface area contributed by atoms with Crippen molar-refractivity contribution in [3.63, 3.8) is 0 Å². The summed E-state index contributed by atoms with van der Waals surface area (Å²) in [5.41, 5.74) is 9.24. The minimum Gasteiger partial charge on any atom is -0.370 e. The van der Waals surface area contributed by atoms with E-state index in [-0.39, 0.29) is 11.8 Å². The fraction of sp³-hybridized carbons (Fsp3) is 0.556. The summed E-state index contributed by atoms with van der Waals surface area (Å²) in [5, 5.41) is 0. The first-order valence-corrected chi connectivity index (χ1v) is 8.28. The molecule has 0 aromatic heterocycles. The quantitative estimate of drug-likeness (QED) is 0.922. The van der Waals surface area contributed by atoms with Gasteiger partial charge in [-0.15, -0.1) is 0 Å². The first-order valence-electron chi connectivity index (χ1n) is 8.28. The molecule has 4 heteroatoms. The lowest BCUT2D eigenvalue weighted by Gasteiger charge is -2.31. The summed E-state index contributed by atoms with van der Waals surface area (Å²) in [5.74, 6) is 0.319. The van der Waals surface area contributed by atoms with Gasteiger partial charge in [0.15, 0.2) is 0 Å². The number of rotatable bonds is 4. The third kappa shape index (κ3) is 3.49. The van der Waals surface area contributed by atoms with Crippen molar-refractivity contribution in [2.75, 3.05) is 13.1 Å². The highest BCUT2D eigenvalue weighted by molar-refractivity contribution is 5.79. The molecule has 0 unspecified atom stereocenters. The summed E-state index contributed by atoms with van der Waals surface area (Å²) in [6, 6.07) is 6.49. The molecule has 1 fully saturated rings. The van der Waals surface area contributed by atoms with Crippen molar-refractivity contribution in [3.05, 3.63) is 34.9 Å². The van der Waals surface area contributed by atoms with Crippen LogP contribution in [0.4, 0.5) is 0 Å². The van der Waals surface area contributed by atoms with Crippen LogP contribution >= 0.6 is 0 Å². The van der Waals surface area contributed by atoms with E-state index in [4.69, 9.17) is 5.73 Å². The van der Waals surface area contributed by atoms with Gasteiger partial charge in [0, 0.05) is 19.5 Å². The summed E-state index contributed by atoms with van der Waals surface area (Å²) < 4.78 is 0. The van der Waals surface area contributed by atoms with E-state index in [1.54, 1.807) is 0 Å². The Labute approximate surface area is 131 Å². The number of carbonyl (C=O) groups excluding carboxylic acids is 2. The summed E-state index contributed by atoms with van der Waals surface area (Å²) in [6.45, 7) is 1.50. The molecule has 1 heterocycles. The first-order chi connectivity index (χ1) is 10.6. The van der Waals surface area contributed by atoms with Gasteiger partial charge in [-0.1, -0.05) is 18.2 Å². The van der Waals surface area contributed by atoms with E-state index >= 15 is 0 Å². The van der Waals surface area contributed by atoms with Crippen LogP contribution in [0, 0.1) is 5.92 Å². The van der Waals surface area contributed by atoms with Crippen molar-refractivity contribution in [3.8, 4) is 0 Å². The minimum absolute atomic E-state index is 0.204. The molecule has 2 amide bonds. The SMILES string of the molecule is NC(=O)CC1CCN(C(=O)Cc2ccc3c(c2)CCC3)CC1. The summed E-state index contributed by atoms with van der Waals surface area (Å²) in [4.78, 5) is 25.3. The number of carbonyl (C=O) groups is 2. The molecule has 1 saturated heterocycles. The van der Waals surface area contributed by atoms with Crippen molar-refractivity contribution in [1.29, 1.82) is 0 Å². The van der Waals surface area contributed by atoms with E-state index in [1.807, 2.05) is 4.90 Å². The van der Waals surface area contributed by atoms with Gasteiger partial charge in [0.05, 0.1) is 6.42 Å². The summed E-state index contributed by atoms with van der Waals surface area (Å²) in [7, 11) is 0. The van der Waals surface area contributed by atoms with Crippen LogP contribution in [0.25, 0.3) is 0 Å². The van der Waals surface area contributed by atoms with Crippen LogP contribution in [0.15, 0.2) is 18.2 Å². The van der Waals surface area contributed by atoms with Crippen molar-refractivity contribution in [1.82, 2.24) is 4.90 Å². The van der Waals surface area contributed by atoms with E-state index in [0.717, 1.165) is 37.9 Å². The third-order valence-electron chi connectivity index (χ3n) is 4.98. The Morgan fingerprint density at radius 1 is 1.14 bits per heavy atom. The lowest BCUT2D eigenvalue weighted by atomic mass is 9.93. The van der Waals surface area contributed by atoms with Gasteiger partial charge in [-0.2, -0.15) is 0 Å². The molecule has 22 heavy (non-hydrogen) atoms. The maximum absolute atomic E-state index is 12.4. The van der Waals surface area contributed by atoms with E-state index in [0.29, 0.717) is 18.8 Å². The number of likely N-dealkylation sites (tertiary alicyclic amines) is 1. The van der Waals surface area contributed by atoms with Crippen LogP contribution < -0.4 is 5.73 Å². The maximum Gasteiger partial charge on any atom is 0.226 e. The molecule has 4 nitrogen and oxygen atoms in total. The summed E-state index contributed by atoms with van der Waals surface area (Å²) in [6.07, 6.45) is 6.28. The Morgan fingerprint density at radius 3 is 2.59 bits per heavy atom. The number of nitrogens with two attached hydrogens (primary N) is 1. The normalized spacial score (nSPS) is 18.3. The fourth-order valence-corrected chi connectivity index (χ4v) is 3.69. The van der Waals surface area contributed by atoms with Crippen molar-refractivity contribution in [2.24, 2.45) is 11.7 Å². The molecule has 0 spiro atoms. The molecule has 1 aromatic carbocycles. The lowest BCUT2D eigenvalue weighted by molar-refractivity contribution is -0.131. The molecular weight excluding hydrogens is 276 g/mol. The van der Waals surface area contributed by atoms with E-state index in [9.17, 15) is 9.59 Å². The molecule has 3 rings (SSSR count). The Morgan fingerprint density at radius 2 is 1.86 bits per heavy atom. The largest absolute Gasteiger partial charge is 0.370 e. The Kier molecular flexibility index (Phi) is 4.46. The lowest BCUT2D eigenvalue weighted by Crippen LogP contribution is -2.40. The molecule has 0 bridgehead atoms. The van der Waals surface area contributed by atoms with E-state index in [2.05, 4.69) is 18.2 Å². The fourth-order valence-electron chi connectivity index (χ4n) is 3.69. The van der Waals surface area contributed by atoms with Gasteiger partial charge in [0.2, 0.25) is 11.8 Å². The average molecular weight is 300 g/mol. The number of piperidine rings is 1. The second-order valence-corrected chi connectivity index (χ2v) is 6.63. The number of fused-ring (bicyclic) bond motifs is 1. The van der Waals surface area contributed by atoms with Crippen LogP contribution in [0.2, 0.25) is 0 Å². The van der Waals surface area contributed by atoms with Gasteiger partial charge < -0.3 is 10.6 Å². The maximum atomic E-state index is 12.4. The second kappa shape index (κ2) is 6.51. The van der Waals surface area contributed by atoms with Crippen molar-refractivity contribution >= 4 is 11.8 Å².